The van der Waals surface area contributed by atoms with Gasteiger partial charge in [0.15, 0.2) is 0 Å². The molecule has 2 rings (SSSR count). The lowest BCUT2D eigenvalue weighted by Crippen LogP contribution is -2.25. The van der Waals surface area contributed by atoms with Gasteiger partial charge in [0.2, 0.25) is 15.9 Å². The highest BCUT2D eigenvalue weighted by Crippen LogP contribution is 2.20. The summed E-state index contributed by atoms with van der Waals surface area (Å²) in [6, 6.07) is 12.5. The zero-order valence-electron chi connectivity index (χ0n) is 12.8. The molecule has 0 bridgehead atoms. The highest BCUT2D eigenvalue weighted by Gasteiger charge is 2.13. The molecule has 5 nitrogen and oxygen atoms in total. The summed E-state index contributed by atoms with van der Waals surface area (Å²) in [6.45, 7) is 0. The molecule has 0 saturated heterocycles. The first-order valence-electron chi connectivity index (χ1n) is 6.84. The third-order valence-electron chi connectivity index (χ3n) is 3.30. The van der Waals surface area contributed by atoms with Crippen molar-refractivity contribution in [3.8, 4) is 0 Å². The summed E-state index contributed by atoms with van der Waals surface area (Å²) in [5, 5.41) is 2.64. The van der Waals surface area contributed by atoms with E-state index in [0.717, 1.165) is 10.6 Å². The van der Waals surface area contributed by atoms with Crippen LogP contribution in [-0.2, 0) is 21.2 Å². The zero-order chi connectivity index (χ0) is 17.0. The molecule has 0 spiro atoms. The number of carbonyl (C=O) groups excluding carboxylic acids is 1. The van der Waals surface area contributed by atoms with Crippen LogP contribution in [0.25, 0.3) is 0 Å². The van der Waals surface area contributed by atoms with Crippen LogP contribution in [0.3, 0.4) is 0 Å². The molecular formula is C16H17FN2O3S. The maximum atomic E-state index is 13.5. The van der Waals surface area contributed by atoms with Gasteiger partial charge >= 0.3 is 0 Å². The van der Waals surface area contributed by atoms with Crippen LogP contribution in [0.2, 0.25) is 0 Å². The van der Waals surface area contributed by atoms with Gasteiger partial charge in [-0.2, -0.15) is 0 Å². The highest BCUT2D eigenvalue weighted by molar-refractivity contribution is 7.92. The first-order valence-corrected chi connectivity index (χ1v) is 8.69. The second-order valence-electron chi connectivity index (χ2n) is 5.10. The molecule has 0 aliphatic heterocycles. The lowest BCUT2D eigenvalue weighted by atomic mass is 10.1. The maximum absolute atomic E-state index is 13.5. The second kappa shape index (κ2) is 6.78. The number of carbonyl (C=O) groups is 1. The quantitative estimate of drug-likeness (QED) is 0.912. The summed E-state index contributed by atoms with van der Waals surface area (Å²) in [7, 11) is -1.96. The molecule has 0 aliphatic carbocycles. The molecular weight excluding hydrogens is 319 g/mol. The average Bonchev–Trinajstić information content (AvgIpc) is 2.48. The molecule has 0 atom stereocenters. The Labute approximate surface area is 134 Å². The molecule has 2 aromatic rings. The van der Waals surface area contributed by atoms with Gasteiger partial charge in [-0.15, -0.1) is 0 Å². The van der Waals surface area contributed by atoms with Crippen molar-refractivity contribution >= 4 is 27.3 Å². The Morgan fingerprint density at radius 2 is 1.87 bits per heavy atom. The minimum absolute atomic E-state index is 0.0984. The Morgan fingerprint density at radius 1 is 1.17 bits per heavy atom. The van der Waals surface area contributed by atoms with E-state index in [-0.39, 0.29) is 12.3 Å². The van der Waals surface area contributed by atoms with Gasteiger partial charge in [0.1, 0.15) is 5.82 Å². The number of benzene rings is 2. The summed E-state index contributed by atoms with van der Waals surface area (Å²) >= 11 is 0. The predicted octanol–water partition coefficient (Wildman–Crippen LogP) is 2.40. The van der Waals surface area contributed by atoms with Gasteiger partial charge in [0, 0.05) is 12.7 Å². The van der Waals surface area contributed by atoms with Crippen LogP contribution in [-0.4, -0.2) is 27.6 Å². The van der Waals surface area contributed by atoms with Crippen molar-refractivity contribution in [1.29, 1.82) is 0 Å². The van der Waals surface area contributed by atoms with Crippen LogP contribution < -0.4 is 9.62 Å². The molecule has 0 fully saturated rings. The molecule has 0 aromatic heterocycles. The first kappa shape index (κ1) is 17.0. The third kappa shape index (κ3) is 4.53. The number of halogens is 1. The Hall–Kier alpha value is -2.41. The fourth-order valence-corrected chi connectivity index (χ4v) is 2.49. The van der Waals surface area contributed by atoms with Gasteiger partial charge in [-0.1, -0.05) is 24.3 Å². The van der Waals surface area contributed by atoms with E-state index < -0.39 is 15.8 Å². The smallest absolute Gasteiger partial charge is 0.231 e. The number of anilines is 2. The van der Waals surface area contributed by atoms with E-state index >= 15 is 0 Å². The van der Waals surface area contributed by atoms with E-state index in [9.17, 15) is 17.6 Å². The number of nitrogens with one attached hydrogen (secondary N) is 1. The zero-order valence-corrected chi connectivity index (χ0v) is 13.6. The first-order chi connectivity index (χ1) is 10.8. The van der Waals surface area contributed by atoms with Gasteiger partial charge in [-0.05, 0) is 29.8 Å². The topological polar surface area (TPSA) is 66.5 Å². The summed E-state index contributed by atoms with van der Waals surface area (Å²) in [5.41, 5.74) is 1.17. The SMILES string of the molecule is CN(c1cccc(NC(=O)Cc2ccccc2F)c1)S(C)(=O)=O. The van der Waals surface area contributed by atoms with E-state index in [1.54, 1.807) is 42.5 Å². The van der Waals surface area contributed by atoms with Crippen molar-refractivity contribution < 1.29 is 17.6 Å². The lowest BCUT2D eigenvalue weighted by molar-refractivity contribution is -0.115. The van der Waals surface area contributed by atoms with E-state index in [1.807, 2.05) is 0 Å². The van der Waals surface area contributed by atoms with Crippen LogP contribution in [0.4, 0.5) is 15.8 Å². The van der Waals surface area contributed by atoms with Gasteiger partial charge in [-0.3, -0.25) is 9.10 Å². The normalized spacial score (nSPS) is 11.1. The molecule has 0 radical (unpaired) electrons. The van der Waals surface area contributed by atoms with Crippen LogP contribution in [0.15, 0.2) is 48.5 Å². The standard InChI is InChI=1S/C16H17FN2O3S/c1-19(23(2,21)22)14-8-5-7-13(11-14)18-16(20)10-12-6-3-4-9-15(12)17/h3-9,11H,10H2,1-2H3,(H,18,20). The molecule has 0 aliphatic rings. The molecule has 0 unspecified atom stereocenters. The lowest BCUT2D eigenvalue weighted by Gasteiger charge is -2.17. The Kier molecular flexibility index (Phi) is 5.00. The van der Waals surface area contributed by atoms with E-state index in [0.29, 0.717) is 16.9 Å². The minimum Gasteiger partial charge on any atom is -0.326 e. The van der Waals surface area contributed by atoms with E-state index in [2.05, 4.69) is 5.32 Å². The number of sulfonamides is 1. The van der Waals surface area contributed by atoms with Gasteiger partial charge in [-0.25, -0.2) is 12.8 Å². The van der Waals surface area contributed by atoms with Crippen molar-refractivity contribution in [2.24, 2.45) is 0 Å². The summed E-state index contributed by atoms with van der Waals surface area (Å²) in [5.74, 6) is -0.817. The fraction of sp³-hybridized carbons (Fsp3) is 0.188. The third-order valence-corrected chi connectivity index (χ3v) is 4.51. The second-order valence-corrected chi connectivity index (χ2v) is 7.11. The van der Waals surface area contributed by atoms with Crippen molar-refractivity contribution in [1.82, 2.24) is 0 Å². The molecule has 1 N–H and O–H groups in total. The molecule has 23 heavy (non-hydrogen) atoms. The number of rotatable bonds is 5. The molecule has 2 aromatic carbocycles. The molecule has 0 heterocycles. The summed E-state index contributed by atoms with van der Waals surface area (Å²) < 4.78 is 37.7. The van der Waals surface area contributed by atoms with Gasteiger partial charge in [0.05, 0.1) is 18.4 Å². The van der Waals surface area contributed by atoms with Crippen molar-refractivity contribution in [3.05, 3.63) is 59.9 Å². The predicted molar refractivity (Wildman–Crippen MR) is 88.4 cm³/mol. The largest absolute Gasteiger partial charge is 0.326 e. The molecule has 0 saturated carbocycles. The average molecular weight is 336 g/mol. The maximum Gasteiger partial charge on any atom is 0.231 e. The van der Waals surface area contributed by atoms with E-state index in [4.69, 9.17) is 0 Å². The summed E-state index contributed by atoms with van der Waals surface area (Å²) in [6.07, 6.45) is 0.995. The minimum atomic E-state index is -3.38. The van der Waals surface area contributed by atoms with Crippen molar-refractivity contribution in [3.63, 3.8) is 0 Å². The number of hydrogen-bond donors (Lipinski definition) is 1. The molecule has 122 valence electrons. The number of hydrogen-bond acceptors (Lipinski definition) is 3. The Morgan fingerprint density at radius 3 is 2.52 bits per heavy atom. The van der Waals surface area contributed by atoms with Crippen LogP contribution in [0, 0.1) is 5.82 Å². The fourth-order valence-electron chi connectivity index (χ4n) is 1.99. The van der Waals surface area contributed by atoms with Gasteiger partial charge < -0.3 is 5.32 Å². The van der Waals surface area contributed by atoms with Crippen LogP contribution >= 0.6 is 0 Å². The number of nitrogens with zero attached hydrogens (tertiary/aromatic N) is 1. The van der Waals surface area contributed by atoms with Crippen molar-refractivity contribution in [2.75, 3.05) is 22.9 Å². The van der Waals surface area contributed by atoms with Crippen molar-refractivity contribution in [2.45, 2.75) is 6.42 Å². The van der Waals surface area contributed by atoms with Gasteiger partial charge in [0.25, 0.3) is 0 Å². The van der Waals surface area contributed by atoms with Crippen LogP contribution in [0.5, 0.6) is 0 Å². The molecule has 7 heteroatoms. The summed E-state index contributed by atoms with van der Waals surface area (Å²) in [4.78, 5) is 12.0. The monoisotopic (exact) mass is 336 g/mol. The van der Waals surface area contributed by atoms with Crippen LogP contribution in [0.1, 0.15) is 5.56 Å². The highest BCUT2D eigenvalue weighted by atomic mass is 32.2. The number of amides is 1. The van der Waals surface area contributed by atoms with E-state index in [1.165, 1.54) is 13.1 Å². The Balaban J connectivity index is 2.12. The Bertz CT molecular complexity index is 822. The molecule has 1 amide bonds.